The highest BCUT2D eigenvalue weighted by Gasteiger charge is 2.28. The third-order valence-electron chi connectivity index (χ3n) is 4.42. The average Bonchev–Trinajstić information content (AvgIpc) is 2.98. The number of rotatable bonds is 4. The molecule has 3 aromatic carbocycles. The molecule has 0 fully saturated rings. The molecule has 29 heavy (non-hydrogen) atoms. The van der Waals surface area contributed by atoms with Crippen LogP contribution in [0.2, 0.25) is 0 Å². The molecule has 7 heteroatoms. The Bertz CT molecular complexity index is 1240. The van der Waals surface area contributed by atoms with E-state index in [1.165, 1.54) is 18.2 Å². The van der Waals surface area contributed by atoms with Gasteiger partial charge < -0.3 is 8.92 Å². The van der Waals surface area contributed by atoms with Crippen molar-refractivity contribution in [2.24, 2.45) is 0 Å². The molecule has 0 aliphatic carbocycles. The van der Waals surface area contributed by atoms with Gasteiger partial charge in [-0.15, -0.1) is 0 Å². The maximum atomic E-state index is 13.0. The third-order valence-corrected chi connectivity index (χ3v) is 5.69. The molecule has 0 unspecified atom stereocenters. The zero-order valence-electron chi connectivity index (χ0n) is 15.3. The minimum atomic E-state index is -4.15. The number of allylic oxidation sites excluding steroid dienone is 1. The summed E-state index contributed by atoms with van der Waals surface area (Å²) in [5.41, 5.74) is 2.15. The van der Waals surface area contributed by atoms with Crippen molar-refractivity contribution in [1.29, 1.82) is 0 Å². The average molecular weight is 410 g/mol. The first-order valence-electron chi connectivity index (χ1n) is 8.67. The van der Waals surface area contributed by atoms with Crippen molar-refractivity contribution in [1.82, 2.24) is 0 Å². The number of benzene rings is 3. The number of aryl methyl sites for hydroxylation is 1. The van der Waals surface area contributed by atoms with Crippen LogP contribution in [0.5, 0.6) is 11.5 Å². The zero-order chi connectivity index (χ0) is 20.6. The highest BCUT2D eigenvalue weighted by molar-refractivity contribution is 7.87. The first-order chi connectivity index (χ1) is 13.8. The summed E-state index contributed by atoms with van der Waals surface area (Å²) >= 11 is 0. The van der Waals surface area contributed by atoms with Crippen LogP contribution < -0.4 is 8.92 Å². The van der Waals surface area contributed by atoms with Crippen molar-refractivity contribution in [3.63, 3.8) is 0 Å². The fraction of sp³-hybridized carbons (Fsp3) is 0.0455. The zero-order valence-corrected chi connectivity index (χ0v) is 16.1. The van der Waals surface area contributed by atoms with Crippen molar-refractivity contribution in [2.45, 2.75) is 11.8 Å². The molecule has 1 aliphatic heterocycles. The van der Waals surface area contributed by atoms with Gasteiger partial charge in [0.15, 0.2) is 5.76 Å². The van der Waals surface area contributed by atoms with Gasteiger partial charge in [0.25, 0.3) is 0 Å². The van der Waals surface area contributed by atoms with Crippen LogP contribution in [-0.4, -0.2) is 14.2 Å². The van der Waals surface area contributed by atoms with E-state index in [9.17, 15) is 17.6 Å². The van der Waals surface area contributed by atoms with E-state index in [0.29, 0.717) is 5.56 Å². The minimum absolute atomic E-state index is 0.0157. The van der Waals surface area contributed by atoms with E-state index in [0.717, 1.165) is 35.4 Å². The lowest BCUT2D eigenvalue weighted by Crippen LogP contribution is -2.09. The van der Waals surface area contributed by atoms with Crippen molar-refractivity contribution in [2.75, 3.05) is 0 Å². The van der Waals surface area contributed by atoms with Crippen molar-refractivity contribution < 1.29 is 26.5 Å². The number of ether oxygens (including phenoxy) is 1. The summed E-state index contributed by atoms with van der Waals surface area (Å²) in [6.45, 7) is 1.92. The molecule has 0 bridgehead atoms. The van der Waals surface area contributed by atoms with Crippen LogP contribution in [0.15, 0.2) is 77.4 Å². The van der Waals surface area contributed by atoms with Crippen LogP contribution in [0.25, 0.3) is 6.08 Å². The fourth-order valence-electron chi connectivity index (χ4n) is 2.89. The summed E-state index contributed by atoms with van der Waals surface area (Å²) in [4.78, 5) is 12.4. The molecule has 5 nitrogen and oxygen atoms in total. The van der Waals surface area contributed by atoms with E-state index in [1.807, 2.05) is 31.2 Å². The van der Waals surface area contributed by atoms with Gasteiger partial charge >= 0.3 is 10.1 Å². The van der Waals surface area contributed by atoms with Crippen LogP contribution in [0.4, 0.5) is 4.39 Å². The minimum Gasteiger partial charge on any atom is -0.452 e. The number of hydrogen-bond donors (Lipinski definition) is 0. The van der Waals surface area contributed by atoms with Crippen LogP contribution in [0, 0.1) is 12.7 Å². The quantitative estimate of drug-likeness (QED) is 0.467. The predicted molar refractivity (Wildman–Crippen MR) is 105 cm³/mol. The van der Waals surface area contributed by atoms with Crippen LogP contribution in [0.3, 0.4) is 0 Å². The first kappa shape index (κ1) is 18.9. The highest BCUT2D eigenvalue weighted by Crippen LogP contribution is 2.35. The highest BCUT2D eigenvalue weighted by atomic mass is 32.2. The second-order valence-corrected chi connectivity index (χ2v) is 7.99. The second-order valence-electron chi connectivity index (χ2n) is 6.45. The largest absolute Gasteiger partial charge is 0.452 e. The number of hydrogen-bond acceptors (Lipinski definition) is 5. The van der Waals surface area contributed by atoms with E-state index in [2.05, 4.69) is 0 Å². The standard InChI is InChI=1S/C22H15FO5S/c1-14-4-2-3-5-15(14)12-21-22(24)19-11-8-17(13-20(19)27-21)28-29(25,26)18-9-6-16(23)7-10-18/h2-13H,1H3. The lowest BCUT2D eigenvalue weighted by atomic mass is 10.1. The Morgan fingerprint density at radius 1 is 1.00 bits per heavy atom. The third kappa shape index (κ3) is 3.77. The van der Waals surface area contributed by atoms with E-state index in [4.69, 9.17) is 8.92 Å². The van der Waals surface area contributed by atoms with Crippen molar-refractivity contribution in [3.05, 3.63) is 95.0 Å². The molecule has 0 radical (unpaired) electrons. The molecule has 0 N–H and O–H groups in total. The summed E-state index contributed by atoms with van der Waals surface area (Å²) < 4.78 is 48.5. The number of Topliss-reactive ketones (excluding diaryl/α,β-unsaturated/α-hetero) is 1. The van der Waals surface area contributed by atoms with Crippen LogP contribution >= 0.6 is 0 Å². The van der Waals surface area contributed by atoms with Crippen molar-refractivity contribution in [3.8, 4) is 11.5 Å². The molecule has 1 heterocycles. The van der Waals surface area contributed by atoms with Gasteiger partial charge in [-0.1, -0.05) is 24.3 Å². The molecule has 0 amide bonds. The van der Waals surface area contributed by atoms with E-state index in [-0.39, 0.29) is 27.9 Å². The molecule has 0 atom stereocenters. The number of ketones is 1. The Labute approximate surface area is 167 Å². The normalized spacial score (nSPS) is 14.6. The fourth-order valence-corrected chi connectivity index (χ4v) is 3.81. The van der Waals surface area contributed by atoms with Gasteiger partial charge in [-0.25, -0.2) is 4.39 Å². The Morgan fingerprint density at radius 3 is 2.45 bits per heavy atom. The summed E-state index contributed by atoms with van der Waals surface area (Å²) in [5.74, 6) is -0.509. The molecule has 4 rings (SSSR count). The smallest absolute Gasteiger partial charge is 0.339 e. The molecule has 0 saturated heterocycles. The van der Waals surface area contributed by atoms with Gasteiger partial charge in [0.2, 0.25) is 5.78 Å². The van der Waals surface area contributed by atoms with Crippen molar-refractivity contribution >= 4 is 22.0 Å². The number of carbonyl (C=O) groups excluding carboxylic acids is 1. The molecule has 146 valence electrons. The topological polar surface area (TPSA) is 69.7 Å². The van der Waals surface area contributed by atoms with E-state index in [1.54, 1.807) is 6.08 Å². The maximum absolute atomic E-state index is 13.0. The molecule has 0 aromatic heterocycles. The molecular formula is C22H15FO5S. The predicted octanol–water partition coefficient (Wildman–Crippen LogP) is 4.52. The lowest BCUT2D eigenvalue weighted by Gasteiger charge is -2.08. The maximum Gasteiger partial charge on any atom is 0.339 e. The first-order valence-corrected chi connectivity index (χ1v) is 10.1. The number of halogens is 1. The summed E-state index contributed by atoms with van der Waals surface area (Å²) in [6.07, 6.45) is 1.65. The summed E-state index contributed by atoms with van der Waals surface area (Å²) in [5, 5.41) is 0. The summed E-state index contributed by atoms with van der Waals surface area (Å²) in [6, 6.07) is 16.0. The SMILES string of the molecule is Cc1ccccc1C=C1Oc2cc(OS(=O)(=O)c3ccc(F)cc3)ccc2C1=O. The van der Waals surface area contributed by atoms with Gasteiger partial charge in [0, 0.05) is 6.07 Å². The number of carbonyl (C=O) groups is 1. The Balaban J connectivity index is 1.61. The van der Waals surface area contributed by atoms with E-state index >= 15 is 0 Å². The van der Waals surface area contributed by atoms with Crippen LogP contribution in [0.1, 0.15) is 21.5 Å². The van der Waals surface area contributed by atoms with Gasteiger partial charge in [-0.05, 0) is 60.5 Å². The van der Waals surface area contributed by atoms with E-state index < -0.39 is 15.9 Å². The van der Waals surface area contributed by atoms with Gasteiger partial charge in [-0.3, -0.25) is 4.79 Å². The molecule has 0 saturated carbocycles. The van der Waals surface area contributed by atoms with Gasteiger partial charge in [-0.2, -0.15) is 8.42 Å². The summed E-state index contributed by atoms with van der Waals surface area (Å²) in [7, 11) is -4.15. The Hall–Kier alpha value is -3.45. The van der Waals surface area contributed by atoms with Gasteiger partial charge in [0.1, 0.15) is 22.2 Å². The molecule has 1 aliphatic rings. The Kier molecular flexibility index (Phi) is 4.68. The number of fused-ring (bicyclic) bond motifs is 1. The Morgan fingerprint density at radius 2 is 1.72 bits per heavy atom. The molecule has 0 spiro atoms. The molecular weight excluding hydrogens is 395 g/mol. The van der Waals surface area contributed by atoms with Crippen LogP contribution in [-0.2, 0) is 10.1 Å². The molecule has 3 aromatic rings. The van der Waals surface area contributed by atoms with Gasteiger partial charge in [0.05, 0.1) is 5.56 Å². The monoisotopic (exact) mass is 410 g/mol. The lowest BCUT2D eigenvalue weighted by molar-refractivity contribution is 0.101. The second kappa shape index (κ2) is 7.18.